The zero-order chi connectivity index (χ0) is 12.9. The largest absolute Gasteiger partial charge is 0.432 e. The Hall–Kier alpha value is -1.32. The molecule has 0 radical (unpaired) electrons. The van der Waals surface area contributed by atoms with E-state index in [1.807, 2.05) is 20.8 Å². The van der Waals surface area contributed by atoms with Crippen molar-refractivity contribution in [1.29, 1.82) is 0 Å². The lowest BCUT2D eigenvalue weighted by Gasteiger charge is -2.22. The highest BCUT2D eigenvalue weighted by Crippen LogP contribution is 2.25. The Balaban J connectivity index is 2.58. The molecule has 1 aromatic heterocycles. The van der Waals surface area contributed by atoms with Gasteiger partial charge >= 0.3 is 6.01 Å². The van der Waals surface area contributed by atoms with Crippen LogP contribution in [0.25, 0.3) is 0 Å². The number of nitrogens with one attached hydrogen (secondary N) is 1. The Kier molecular flexibility index (Phi) is 4.73. The number of rotatable bonds is 6. The summed E-state index contributed by atoms with van der Waals surface area (Å²) in [5.74, 6) is -0.0320. The predicted molar refractivity (Wildman–Crippen MR) is 67.8 cm³/mol. The number of carbonyl (C=O) groups is 1. The topological polar surface area (TPSA) is 55.1 Å². The Morgan fingerprint density at radius 2 is 2.18 bits per heavy atom. The quantitative estimate of drug-likeness (QED) is 0.826. The second kappa shape index (κ2) is 5.84. The van der Waals surface area contributed by atoms with E-state index in [0.717, 1.165) is 31.4 Å². The van der Waals surface area contributed by atoms with Gasteiger partial charge in [0.05, 0.1) is 5.69 Å². The van der Waals surface area contributed by atoms with Crippen LogP contribution in [0.4, 0.5) is 6.01 Å². The Morgan fingerprint density at radius 1 is 1.47 bits per heavy atom. The van der Waals surface area contributed by atoms with E-state index in [4.69, 9.17) is 4.42 Å². The number of carbonyl (C=O) groups excluding carboxylic acids is 1. The predicted octanol–water partition coefficient (Wildman–Crippen LogP) is 3.39. The molecule has 1 rings (SSSR count). The fourth-order valence-electron chi connectivity index (χ4n) is 1.53. The molecule has 0 unspecified atom stereocenters. The Labute approximate surface area is 103 Å². The van der Waals surface area contributed by atoms with Crippen molar-refractivity contribution < 1.29 is 9.21 Å². The average Bonchev–Trinajstić information content (AvgIpc) is 2.74. The maximum absolute atomic E-state index is 12.0. The van der Waals surface area contributed by atoms with Gasteiger partial charge < -0.3 is 4.42 Å². The maximum Gasteiger partial charge on any atom is 0.301 e. The van der Waals surface area contributed by atoms with Gasteiger partial charge in [-0.1, -0.05) is 40.5 Å². The van der Waals surface area contributed by atoms with Crippen molar-refractivity contribution in [2.24, 2.45) is 5.41 Å². The van der Waals surface area contributed by atoms with Crippen molar-refractivity contribution in [2.45, 2.75) is 53.4 Å². The standard InChI is InChI=1S/C13H22N2O2/c1-5-7-8-13(3,4)11(16)15-12-14-10(6-2)9-17-12/h9H,5-8H2,1-4H3,(H,14,15,16). The molecule has 0 aliphatic rings. The molecule has 0 atom stereocenters. The molecular formula is C13H22N2O2. The first-order valence-corrected chi connectivity index (χ1v) is 6.25. The molecule has 0 saturated heterocycles. The zero-order valence-electron chi connectivity index (χ0n) is 11.2. The number of oxazole rings is 1. The average molecular weight is 238 g/mol. The van der Waals surface area contributed by atoms with Crippen LogP contribution < -0.4 is 5.32 Å². The van der Waals surface area contributed by atoms with Crippen molar-refractivity contribution in [3.63, 3.8) is 0 Å². The number of nitrogens with zero attached hydrogens (tertiary/aromatic N) is 1. The van der Waals surface area contributed by atoms with E-state index in [1.165, 1.54) is 0 Å². The van der Waals surface area contributed by atoms with Gasteiger partial charge in [-0.15, -0.1) is 0 Å². The summed E-state index contributed by atoms with van der Waals surface area (Å²) in [4.78, 5) is 16.2. The summed E-state index contributed by atoms with van der Waals surface area (Å²) in [5.41, 5.74) is 0.475. The molecule has 0 bridgehead atoms. The molecule has 4 nitrogen and oxygen atoms in total. The first-order chi connectivity index (χ1) is 7.99. The maximum atomic E-state index is 12.0. The van der Waals surface area contributed by atoms with Gasteiger partial charge in [0.25, 0.3) is 0 Å². The molecule has 0 spiro atoms. The summed E-state index contributed by atoms with van der Waals surface area (Å²) < 4.78 is 5.18. The molecule has 0 saturated carbocycles. The molecule has 1 heterocycles. The number of hydrogen-bond donors (Lipinski definition) is 1. The monoisotopic (exact) mass is 238 g/mol. The number of hydrogen-bond acceptors (Lipinski definition) is 3. The molecule has 1 N–H and O–H groups in total. The number of unbranched alkanes of at least 4 members (excludes halogenated alkanes) is 1. The number of anilines is 1. The molecule has 4 heteroatoms. The Bertz CT molecular complexity index is 369. The van der Waals surface area contributed by atoms with Crippen molar-refractivity contribution in [1.82, 2.24) is 4.98 Å². The van der Waals surface area contributed by atoms with Crippen LogP contribution in [0.3, 0.4) is 0 Å². The van der Waals surface area contributed by atoms with Crippen LogP contribution in [0.5, 0.6) is 0 Å². The van der Waals surface area contributed by atoms with Crippen LogP contribution in [-0.2, 0) is 11.2 Å². The van der Waals surface area contributed by atoms with Gasteiger partial charge in [-0.05, 0) is 12.8 Å². The van der Waals surface area contributed by atoms with Gasteiger partial charge in [-0.2, -0.15) is 4.98 Å². The van der Waals surface area contributed by atoms with E-state index in [0.29, 0.717) is 6.01 Å². The summed E-state index contributed by atoms with van der Waals surface area (Å²) in [6, 6.07) is 0.302. The summed E-state index contributed by atoms with van der Waals surface area (Å²) in [6.45, 7) is 8.01. The summed E-state index contributed by atoms with van der Waals surface area (Å²) >= 11 is 0. The highest BCUT2D eigenvalue weighted by atomic mass is 16.4. The van der Waals surface area contributed by atoms with E-state index in [1.54, 1.807) is 6.26 Å². The van der Waals surface area contributed by atoms with Crippen molar-refractivity contribution in [3.8, 4) is 0 Å². The number of amides is 1. The summed E-state index contributed by atoms with van der Waals surface area (Å²) in [6.07, 6.45) is 5.39. The molecule has 1 aromatic rings. The second-order valence-corrected chi connectivity index (χ2v) is 4.94. The number of aryl methyl sites for hydroxylation is 1. The third-order valence-corrected chi connectivity index (χ3v) is 2.90. The fourth-order valence-corrected chi connectivity index (χ4v) is 1.53. The van der Waals surface area contributed by atoms with Gasteiger partial charge in [0.1, 0.15) is 6.26 Å². The summed E-state index contributed by atoms with van der Waals surface area (Å²) in [7, 11) is 0. The van der Waals surface area contributed by atoms with E-state index in [2.05, 4.69) is 17.2 Å². The van der Waals surface area contributed by atoms with Gasteiger partial charge in [0, 0.05) is 5.41 Å². The third kappa shape index (κ3) is 3.88. The van der Waals surface area contributed by atoms with Crippen molar-refractivity contribution in [2.75, 3.05) is 5.32 Å². The lowest BCUT2D eigenvalue weighted by Crippen LogP contribution is -2.30. The van der Waals surface area contributed by atoms with Crippen LogP contribution in [0.15, 0.2) is 10.7 Å². The third-order valence-electron chi connectivity index (χ3n) is 2.90. The summed E-state index contributed by atoms with van der Waals surface area (Å²) in [5, 5.41) is 2.73. The van der Waals surface area contributed by atoms with Gasteiger partial charge in [-0.25, -0.2) is 0 Å². The molecule has 96 valence electrons. The van der Waals surface area contributed by atoms with E-state index >= 15 is 0 Å². The zero-order valence-corrected chi connectivity index (χ0v) is 11.2. The first kappa shape index (κ1) is 13.7. The van der Waals surface area contributed by atoms with E-state index in [9.17, 15) is 4.79 Å². The van der Waals surface area contributed by atoms with Crippen LogP contribution in [0, 0.1) is 5.41 Å². The smallest absolute Gasteiger partial charge is 0.301 e. The van der Waals surface area contributed by atoms with E-state index in [-0.39, 0.29) is 11.3 Å². The van der Waals surface area contributed by atoms with Gasteiger partial charge in [0.15, 0.2) is 0 Å². The lowest BCUT2D eigenvalue weighted by molar-refractivity contribution is -0.124. The molecule has 0 fully saturated rings. The molecular weight excluding hydrogens is 216 g/mol. The lowest BCUT2D eigenvalue weighted by atomic mass is 9.86. The van der Waals surface area contributed by atoms with E-state index < -0.39 is 0 Å². The van der Waals surface area contributed by atoms with Crippen molar-refractivity contribution >= 4 is 11.9 Å². The van der Waals surface area contributed by atoms with Crippen molar-refractivity contribution in [3.05, 3.63) is 12.0 Å². The minimum absolute atomic E-state index is 0.0320. The number of aromatic nitrogens is 1. The minimum atomic E-state index is -0.378. The van der Waals surface area contributed by atoms with Crippen LogP contribution in [0.2, 0.25) is 0 Å². The van der Waals surface area contributed by atoms with Gasteiger partial charge in [-0.3, -0.25) is 10.1 Å². The van der Waals surface area contributed by atoms with Crippen LogP contribution >= 0.6 is 0 Å². The SMILES string of the molecule is CCCCC(C)(C)C(=O)Nc1nc(CC)co1. The molecule has 1 amide bonds. The molecule has 0 aliphatic heterocycles. The first-order valence-electron chi connectivity index (χ1n) is 6.25. The highest BCUT2D eigenvalue weighted by Gasteiger charge is 2.27. The second-order valence-electron chi connectivity index (χ2n) is 4.94. The normalized spacial score (nSPS) is 11.5. The van der Waals surface area contributed by atoms with Gasteiger partial charge in [0.2, 0.25) is 5.91 Å². The minimum Gasteiger partial charge on any atom is -0.432 e. The highest BCUT2D eigenvalue weighted by molar-refractivity contribution is 5.93. The van der Waals surface area contributed by atoms with Crippen LogP contribution in [-0.4, -0.2) is 10.9 Å². The molecule has 0 aliphatic carbocycles. The fraction of sp³-hybridized carbons (Fsp3) is 0.692. The molecule has 0 aromatic carbocycles. The van der Waals surface area contributed by atoms with Crippen LogP contribution in [0.1, 0.15) is 52.7 Å². The Morgan fingerprint density at radius 3 is 2.71 bits per heavy atom. The molecule has 17 heavy (non-hydrogen) atoms.